The van der Waals surface area contributed by atoms with Gasteiger partial charge >= 0.3 is 5.97 Å². The van der Waals surface area contributed by atoms with Gasteiger partial charge in [0.25, 0.3) is 0 Å². The number of esters is 1. The zero-order chi connectivity index (χ0) is 15.3. The van der Waals surface area contributed by atoms with E-state index in [2.05, 4.69) is 4.74 Å². The number of methoxy groups -OCH3 is 1. The second-order valence-electron chi connectivity index (χ2n) is 4.24. The highest BCUT2D eigenvalue weighted by atomic mass is 32.3. The van der Waals surface area contributed by atoms with Crippen molar-refractivity contribution in [3.05, 3.63) is 0 Å². The van der Waals surface area contributed by atoms with E-state index in [1.807, 2.05) is 0 Å². The number of carbonyl (C=O) groups excluding carboxylic acids is 2. The Morgan fingerprint density at radius 2 is 1.42 bits per heavy atom. The van der Waals surface area contributed by atoms with Gasteiger partial charge in [0.05, 0.1) is 13.5 Å². The minimum Gasteiger partial charge on any atom is -0.469 e. The van der Waals surface area contributed by atoms with Crippen LogP contribution in [-0.2, 0) is 34.0 Å². The van der Waals surface area contributed by atoms with Gasteiger partial charge in [-0.05, 0) is 6.42 Å². The topological polar surface area (TPSA) is 112 Å². The fourth-order valence-electron chi connectivity index (χ4n) is 1.49. The Bertz CT molecular complexity index is 498. The van der Waals surface area contributed by atoms with E-state index in [-0.39, 0.29) is 31.5 Å². The summed E-state index contributed by atoms with van der Waals surface area (Å²) in [5, 5.41) is 0. The summed E-state index contributed by atoms with van der Waals surface area (Å²) in [5.74, 6) is -0.918. The third-order valence-corrected chi connectivity index (χ3v) is 6.93. The summed E-state index contributed by atoms with van der Waals surface area (Å²) >= 11 is 0. The summed E-state index contributed by atoms with van der Waals surface area (Å²) in [4.78, 5) is 22.2. The van der Waals surface area contributed by atoms with Crippen LogP contribution in [0.5, 0.6) is 0 Å². The molecule has 0 aromatic rings. The zero-order valence-electron chi connectivity index (χ0n) is 11.1. The Kier molecular flexibility index (Phi) is 6.64. The molecule has 0 atom stereocenters. The highest BCUT2D eigenvalue weighted by molar-refractivity contribution is 8.08. The first kappa shape index (κ1) is 18.0. The predicted molar refractivity (Wildman–Crippen MR) is 69.0 cm³/mol. The molecule has 0 N–H and O–H groups in total. The molecule has 0 aromatic heterocycles. The van der Waals surface area contributed by atoms with Crippen molar-refractivity contribution in [2.24, 2.45) is 0 Å². The van der Waals surface area contributed by atoms with Crippen LogP contribution in [0.25, 0.3) is 0 Å². The van der Waals surface area contributed by atoms with Crippen LogP contribution in [0.2, 0.25) is 0 Å². The summed E-state index contributed by atoms with van der Waals surface area (Å²) in [6.07, 6.45) is 0.944. The second kappa shape index (κ2) is 6.99. The van der Waals surface area contributed by atoms with Gasteiger partial charge in [-0.25, -0.2) is 16.8 Å². The number of carbonyl (C=O) groups is 2. The molecule has 19 heavy (non-hydrogen) atoms. The van der Waals surface area contributed by atoms with E-state index < -0.39 is 30.2 Å². The Balaban J connectivity index is 4.52. The molecular weight excluding hydrogens is 296 g/mol. The van der Waals surface area contributed by atoms with E-state index in [4.69, 9.17) is 0 Å². The molecule has 0 radical (unpaired) electrons. The maximum atomic E-state index is 11.4. The van der Waals surface area contributed by atoms with Crippen molar-refractivity contribution >= 4 is 31.4 Å². The quantitative estimate of drug-likeness (QED) is 0.565. The van der Waals surface area contributed by atoms with E-state index >= 15 is 0 Å². The summed E-state index contributed by atoms with van der Waals surface area (Å²) in [6.45, 7) is 0. The van der Waals surface area contributed by atoms with E-state index in [0.29, 0.717) is 0 Å². The summed E-state index contributed by atoms with van der Waals surface area (Å²) < 4.78 is 48.1. The molecule has 0 unspecified atom stereocenters. The standard InChI is InChI=1S/C10H18O7S2/c1-17-9(12)6-4-8(11)5-7-10(18(2,13)14)19(3,15)16/h10H,4-7H2,1-3H3. The predicted octanol–water partition coefficient (Wildman–Crippen LogP) is -0.296. The van der Waals surface area contributed by atoms with Crippen molar-refractivity contribution in [1.82, 2.24) is 0 Å². The third kappa shape index (κ3) is 7.26. The molecule has 0 aliphatic rings. The molecule has 0 bridgehead atoms. The first-order valence-corrected chi connectivity index (χ1v) is 9.35. The van der Waals surface area contributed by atoms with Crippen LogP contribution in [0.1, 0.15) is 25.7 Å². The molecule has 0 aliphatic carbocycles. The molecule has 7 nitrogen and oxygen atoms in total. The molecular formula is C10H18O7S2. The highest BCUT2D eigenvalue weighted by Gasteiger charge is 2.31. The SMILES string of the molecule is COC(=O)CCC(=O)CCC(S(C)(=O)=O)S(C)(=O)=O. The van der Waals surface area contributed by atoms with Gasteiger partial charge in [-0.2, -0.15) is 0 Å². The maximum Gasteiger partial charge on any atom is 0.305 e. The number of hydrogen-bond donors (Lipinski definition) is 0. The van der Waals surface area contributed by atoms with Gasteiger partial charge in [0.1, 0.15) is 5.78 Å². The molecule has 112 valence electrons. The van der Waals surface area contributed by atoms with Crippen LogP contribution in [0, 0.1) is 0 Å². The lowest BCUT2D eigenvalue weighted by Crippen LogP contribution is -2.29. The van der Waals surface area contributed by atoms with Crippen molar-refractivity contribution in [1.29, 1.82) is 0 Å². The van der Waals surface area contributed by atoms with Crippen molar-refractivity contribution in [2.45, 2.75) is 30.3 Å². The van der Waals surface area contributed by atoms with Gasteiger partial charge in [0, 0.05) is 25.4 Å². The van der Waals surface area contributed by atoms with Crippen molar-refractivity contribution < 1.29 is 31.2 Å². The van der Waals surface area contributed by atoms with Gasteiger partial charge in [0.2, 0.25) is 0 Å². The smallest absolute Gasteiger partial charge is 0.305 e. The van der Waals surface area contributed by atoms with Crippen LogP contribution in [0.3, 0.4) is 0 Å². The second-order valence-corrected chi connectivity index (χ2v) is 9.00. The zero-order valence-corrected chi connectivity index (χ0v) is 12.7. The maximum absolute atomic E-state index is 11.4. The average molecular weight is 314 g/mol. The van der Waals surface area contributed by atoms with Crippen molar-refractivity contribution in [2.75, 3.05) is 19.6 Å². The van der Waals surface area contributed by atoms with Crippen LogP contribution < -0.4 is 0 Å². The number of rotatable bonds is 8. The van der Waals surface area contributed by atoms with Crippen molar-refractivity contribution in [3.63, 3.8) is 0 Å². The largest absolute Gasteiger partial charge is 0.469 e. The highest BCUT2D eigenvalue weighted by Crippen LogP contribution is 2.15. The van der Waals surface area contributed by atoms with Crippen LogP contribution >= 0.6 is 0 Å². The lowest BCUT2D eigenvalue weighted by Gasteiger charge is -2.12. The lowest BCUT2D eigenvalue weighted by molar-refractivity contribution is -0.141. The molecule has 0 heterocycles. The molecule has 0 saturated heterocycles. The van der Waals surface area contributed by atoms with Crippen LogP contribution in [0.4, 0.5) is 0 Å². The molecule has 0 amide bonds. The fourth-order valence-corrected chi connectivity index (χ4v) is 5.13. The first-order valence-electron chi connectivity index (χ1n) is 5.44. The molecule has 0 aromatic carbocycles. The monoisotopic (exact) mass is 314 g/mol. The van der Waals surface area contributed by atoms with Crippen LogP contribution in [0.15, 0.2) is 0 Å². The number of ketones is 1. The van der Waals surface area contributed by atoms with E-state index in [1.54, 1.807) is 0 Å². The lowest BCUT2D eigenvalue weighted by atomic mass is 10.1. The van der Waals surface area contributed by atoms with Crippen molar-refractivity contribution in [3.8, 4) is 0 Å². The molecule has 0 saturated carbocycles. The first-order chi connectivity index (χ1) is 8.48. The molecule has 0 fully saturated rings. The molecule has 0 aliphatic heterocycles. The normalized spacial score (nSPS) is 12.4. The van der Waals surface area contributed by atoms with Crippen LogP contribution in [-0.4, -0.2) is 52.8 Å². The summed E-state index contributed by atoms with van der Waals surface area (Å²) in [7, 11) is -6.38. The van der Waals surface area contributed by atoms with Gasteiger partial charge in [-0.15, -0.1) is 0 Å². The Hall–Kier alpha value is -0.960. The number of sulfone groups is 2. The number of hydrogen-bond acceptors (Lipinski definition) is 7. The third-order valence-electron chi connectivity index (χ3n) is 2.45. The number of ether oxygens (including phenoxy) is 1. The Morgan fingerprint density at radius 3 is 1.79 bits per heavy atom. The van der Waals surface area contributed by atoms with Gasteiger partial charge < -0.3 is 4.74 Å². The average Bonchev–Trinajstić information content (AvgIpc) is 2.22. The minimum atomic E-state index is -3.79. The fraction of sp³-hybridized carbons (Fsp3) is 0.800. The summed E-state index contributed by atoms with van der Waals surface area (Å²) in [5.41, 5.74) is 0. The van der Waals surface area contributed by atoms with Gasteiger partial charge in [0.15, 0.2) is 24.3 Å². The molecule has 0 rings (SSSR count). The minimum absolute atomic E-state index is 0.0904. The van der Waals surface area contributed by atoms with E-state index in [0.717, 1.165) is 12.5 Å². The van der Waals surface area contributed by atoms with Gasteiger partial charge in [-0.1, -0.05) is 0 Å². The number of Topliss-reactive ketones (excluding diaryl/α,β-unsaturated/α-hetero) is 1. The van der Waals surface area contributed by atoms with E-state index in [9.17, 15) is 26.4 Å². The Morgan fingerprint density at radius 1 is 0.947 bits per heavy atom. The molecule has 9 heteroatoms. The van der Waals surface area contributed by atoms with Gasteiger partial charge in [-0.3, -0.25) is 9.59 Å². The Labute approximate surface area is 113 Å². The summed E-state index contributed by atoms with van der Waals surface area (Å²) in [6, 6.07) is 0. The van der Waals surface area contributed by atoms with E-state index in [1.165, 1.54) is 7.11 Å². The molecule has 0 spiro atoms.